The van der Waals surface area contributed by atoms with Gasteiger partial charge in [0.2, 0.25) is 0 Å². The van der Waals surface area contributed by atoms with Crippen molar-refractivity contribution >= 4 is 18.5 Å². The smallest absolute Gasteiger partial charge is 0.339 e. The maximum Gasteiger partial charge on any atom is 0.339 e. The van der Waals surface area contributed by atoms with Gasteiger partial charge in [-0.05, 0) is 12.1 Å². The molecule has 1 aromatic carbocycles. The molecule has 0 unspecified atom stereocenters. The Morgan fingerprint density at radius 2 is 1.85 bits per heavy atom. The van der Waals surface area contributed by atoms with Crippen LogP contribution < -0.4 is 24.0 Å². The van der Waals surface area contributed by atoms with Crippen molar-refractivity contribution in [3.05, 3.63) is 34.9 Å². The SMILES string of the molecule is C[N+](C)(C)CCOC(=O)c1ccc(C=O)cc1C=O.[I-]. The molecule has 20 heavy (non-hydrogen) atoms. The van der Waals surface area contributed by atoms with E-state index >= 15 is 0 Å². The zero-order valence-electron chi connectivity index (χ0n) is 11.8. The van der Waals surface area contributed by atoms with Gasteiger partial charge in [-0.25, -0.2) is 4.79 Å². The first kappa shape index (κ1) is 18.7. The lowest BCUT2D eigenvalue weighted by atomic mass is 10.1. The van der Waals surface area contributed by atoms with Gasteiger partial charge in [0.05, 0.1) is 26.7 Å². The van der Waals surface area contributed by atoms with Gasteiger partial charge < -0.3 is 33.2 Å². The second-order valence-corrected chi connectivity index (χ2v) is 5.23. The fraction of sp³-hybridized carbons (Fsp3) is 0.357. The van der Waals surface area contributed by atoms with Crippen molar-refractivity contribution in [1.29, 1.82) is 0 Å². The van der Waals surface area contributed by atoms with Crippen LogP contribution in [0.4, 0.5) is 0 Å². The molecule has 0 aromatic heterocycles. The topological polar surface area (TPSA) is 60.4 Å². The molecule has 1 rings (SSSR count). The number of hydrogen-bond acceptors (Lipinski definition) is 4. The van der Waals surface area contributed by atoms with Crippen molar-refractivity contribution < 1.29 is 47.6 Å². The van der Waals surface area contributed by atoms with E-state index < -0.39 is 5.97 Å². The summed E-state index contributed by atoms with van der Waals surface area (Å²) in [6.45, 7) is 0.949. The number of ether oxygens (including phenoxy) is 1. The Morgan fingerprint density at radius 3 is 2.35 bits per heavy atom. The maximum atomic E-state index is 11.8. The molecule has 0 saturated heterocycles. The summed E-state index contributed by atoms with van der Waals surface area (Å²) in [6, 6.07) is 4.29. The van der Waals surface area contributed by atoms with Crippen molar-refractivity contribution in [2.45, 2.75) is 0 Å². The van der Waals surface area contributed by atoms with E-state index in [1.807, 2.05) is 21.1 Å². The van der Waals surface area contributed by atoms with Crippen molar-refractivity contribution in [2.24, 2.45) is 0 Å². The van der Waals surface area contributed by atoms with Crippen LogP contribution in [-0.4, -0.2) is 57.3 Å². The molecule has 0 N–H and O–H groups in total. The first-order valence-electron chi connectivity index (χ1n) is 5.89. The van der Waals surface area contributed by atoms with Gasteiger partial charge in [0, 0.05) is 11.1 Å². The zero-order chi connectivity index (χ0) is 14.5. The summed E-state index contributed by atoms with van der Waals surface area (Å²) in [5.74, 6) is -0.548. The summed E-state index contributed by atoms with van der Waals surface area (Å²) in [5, 5.41) is 0. The molecule has 0 spiro atoms. The lowest BCUT2D eigenvalue weighted by Gasteiger charge is -2.23. The van der Waals surface area contributed by atoms with Crippen molar-refractivity contribution in [1.82, 2.24) is 0 Å². The summed E-state index contributed by atoms with van der Waals surface area (Å²) >= 11 is 0. The summed E-state index contributed by atoms with van der Waals surface area (Å²) < 4.78 is 5.80. The number of carbonyl (C=O) groups is 3. The molecular formula is C14H18INO4. The Bertz CT molecular complexity index is 494. The Balaban J connectivity index is 0.00000361. The standard InChI is InChI=1S/C14H18NO4.HI/c1-15(2,3)6-7-19-14(18)13-5-4-11(9-16)8-12(13)10-17;/h4-5,8-10H,6-7H2,1-3H3;1H/q+1;/p-1. The fourth-order valence-electron chi connectivity index (χ4n) is 1.43. The van der Waals surface area contributed by atoms with E-state index in [0.717, 1.165) is 0 Å². The third kappa shape index (κ3) is 5.79. The highest BCUT2D eigenvalue weighted by Gasteiger charge is 2.15. The van der Waals surface area contributed by atoms with E-state index in [2.05, 4.69) is 0 Å². The number of esters is 1. The van der Waals surface area contributed by atoms with Crippen LogP contribution in [0.2, 0.25) is 0 Å². The van der Waals surface area contributed by atoms with Crippen LogP contribution in [0.3, 0.4) is 0 Å². The molecule has 5 nitrogen and oxygen atoms in total. The molecule has 0 aliphatic heterocycles. The van der Waals surface area contributed by atoms with Crippen molar-refractivity contribution in [3.8, 4) is 0 Å². The Morgan fingerprint density at radius 1 is 1.20 bits per heavy atom. The second kappa shape index (κ2) is 8.11. The van der Waals surface area contributed by atoms with Gasteiger partial charge in [-0.2, -0.15) is 0 Å². The lowest BCUT2D eigenvalue weighted by molar-refractivity contribution is -0.870. The van der Waals surface area contributed by atoms with E-state index in [0.29, 0.717) is 29.2 Å². The van der Waals surface area contributed by atoms with Crippen LogP contribution >= 0.6 is 0 Å². The number of nitrogens with zero attached hydrogens (tertiary/aromatic N) is 1. The predicted octanol–water partition coefficient (Wildman–Crippen LogP) is -1.82. The minimum absolute atomic E-state index is 0. The maximum absolute atomic E-state index is 11.8. The van der Waals surface area contributed by atoms with Gasteiger partial charge in [-0.3, -0.25) is 9.59 Å². The summed E-state index contributed by atoms with van der Waals surface area (Å²) in [4.78, 5) is 33.3. The van der Waals surface area contributed by atoms with Crippen molar-refractivity contribution in [3.63, 3.8) is 0 Å². The molecule has 0 radical (unpaired) electrons. The number of benzene rings is 1. The molecule has 0 amide bonds. The summed E-state index contributed by atoms with van der Waals surface area (Å²) in [5.41, 5.74) is 0.701. The van der Waals surface area contributed by atoms with Crippen LogP contribution in [0, 0.1) is 0 Å². The quantitative estimate of drug-likeness (QED) is 0.248. The Hall–Kier alpha value is -1.28. The predicted molar refractivity (Wildman–Crippen MR) is 70.4 cm³/mol. The van der Waals surface area contributed by atoms with Crippen LogP contribution in [0.1, 0.15) is 31.1 Å². The number of carbonyl (C=O) groups excluding carboxylic acids is 3. The molecular weight excluding hydrogens is 373 g/mol. The monoisotopic (exact) mass is 391 g/mol. The highest BCUT2D eigenvalue weighted by molar-refractivity contribution is 5.99. The number of likely N-dealkylation sites (N-methyl/N-ethyl adjacent to an activating group) is 1. The van der Waals surface area contributed by atoms with Crippen LogP contribution in [0.15, 0.2) is 18.2 Å². The van der Waals surface area contributed by atoms with Crippen LogP contribution in [0.25, 0.3) is 0 Å². The van der Waals surface area contributed by atoms with Crippen molar-refractivity contribution in [2.75, 3.05) is 34.3 Å². The third-order valence-corrected chi connectivity index (χ3v) is 2.55. The van der Waals surface area contributed by atoms with Gasteiger partial charge in [0.25, 0.3) is 0 Å². The normalized spacial score (nSPS) is 10.3. The van der Waals surface area contributed by atoms with Gasteiger partial charge in [-0.15, -0.1) is 0 Å². The molecule has 0 heterocycles. The average Bonchev–Trinajstić information content (AvgIpc) is 2.36. The zero-order valence-corrected chi connectivity index (χ0v) is 13.9. The number of quaternary nitrogens is 1. The lowest BCUT2D eigenvalue weighted by Crippen LogP contribution is -3.00. The van der Waals surface area contributed by atoms with Gasteiger partial charge in [0.15, 0.2) is 6.29 Å². The molecule has 0 aliphatic rings. The first-order chi connectivity index (χ1) is 8.87. The van der Waals surface area contributed by atoms with Crippen LogP contribution in [-0.2, 0) is 4.74 Å². The fourth-order valence-corrected chi connectivity index (χ4v) is 1.43. The molecule has 0 bridgehead atoms. The molecule has 0 atom stereocenters. The minimum Gasteiger partial charge on any atom is -1.00 e. The Kier molecular flexibility index (Phi) is 7.59. The van der Waals surface area contributed by atoms with E-state index in [-0.39, 0.29) is 41.7 Å². The minimum atomic E-state index is -0.548. The average molecular weight is 391 g/mol. The van der Waals surface area contributed by atoms with Gasteiger partial charge in [0.1, 0.15) is 19.4 Å². The highest BCUT2D eigenvalue weighted by Crippen LogP contribution is 2.11. The van der Waals surface area contributed by atoms with Gasteiger partial charge in [-0.1, -0.05) is 6.07 Å². The first-order valence-corrected chi connectivity index (χ1v) is 5.89. The number of hydrogen-bond donors (Lipinski definition) is 0. The number of halogens is 1. The molecule has 0 saturated carbocycles. The summed E-state index contributed by atoms with van der Waals surface area (Å²) in [7, 11) is 5.97. The Labute approximate surface area is 135 Å². The van der Waals surface area contributed by atoms with E-state index in [4.69, 9.17) is 4.74 Å². The largest absolute Gasteiger partial charge is 1.00 e. The van der Waals surface area contributed by atoms with E-state index in [1.54, 1.807) is 0 Å². The second-order valence-electron chi connectivity index (χ2n) is 5.23. The molecule has 110 valence electrons. The van der Waals surface area contributed by atoms with E-state index in [9.17, 15) is 14.4 Å². The summed E-state index contributed by atoms with van der Waals surface area (Å²) in [6.07, 6.45) is 1.17. The van der Waals surface area contributed by atoms with Crippen LogP contribution in [0.5, 0.6) is 0 Å². The molecule has 0 fully saturated rings. The molecule has 6 heteroatoms. The molecule has 1 aromatic rings. The van der Waals surface area contributed by atoms with E-state index in [1.165, 1.54) is 18.2 Å². The molecule has 0 aliphatic carbocycles. The number of rotatable bonds is 6. The van der Waals surface area contributed by atoms with Gasteiger partial charge >= 0.3 is 5.97 Å². The number of aldehydes is 2. The third-order valence-electron chi connectivity index (χ3n) is 2.55. The highest BCUT2D eigenvalue weighted by atomic mass is 127.